The van der Waals surface area contributed by atoms with Crippen LogP contribution in [0.1, 0.15) is 0 Å². The predicted molar refractivity (Wildman–Crippen MR) is 52.4 cm³/mol. The fourth-order valence-electron chi connectivity index (χ4n) is 1.90. The molecule has 0 bridgehead atoms. The fraction of sp³-hybridized carbons (Fsp3) is 0.0909. The second-order valence-electron chi connectivity index (χ2n) is 3.27. The van der Waals surface area contributed by atoms with Crippen LogP contribution >= 0.6 is 0 Å². The summed E-state index contributed by atoms with van der Waals surface area (Å²) in [6.45, 7) is 0. The van der Waals surface area contributed by atoms with Crippen molar-refractivity contribution in [2.45, 2.75) is 0 Å². The molecule has 0 aromatic heterocycles. The molecule has 13 heavy (non-hydrogen) atoms. The zero-order chi connectivity index (χ0) is 8.67. The third kappa shape index (κ3) is 0.886. The highest BCUT2D eigenvalue weighted by molar-refractivity contribution is 6.06. The van der Waals surface area contributed by atoms with Crippen LogP contribution < -0.4 is 4.99 Å². The van der Waals surface area contributed by atoms with Crippen molar-refractivity contribution in [2.75, 3.05) is 0 Å². The number of allylic oxidation sites excluding steroid dienone is 7. The molecule has 1 aliphatic heterocycles. The van der Waals surface area contributed by atoms with Gasteiger partial charge in [0.25, 0.3) is 6.34 Å². The summed E-state index contributed by atoms with van der Waals surface area (Å²) in [4.78, 5) is 7.48. The molecule has 0 fully saturated rings. The molecule has 3 aliphatic rings. The van der Waals surface area contributed by atoms with Crippen LogP contribution in [0, 0.1) is 5.92 Å². The Kier molecular flexibility index (Phi) is 1.25. The lowest BCUT2D eigenvalue weighted by Gasteiger charge is -2.21. The Hall–Kier alpha value is -1.70. The second-order valence-corrected chi connectivity index (χ2v) is 3.27. The highest BCUT2D eigenvalue weighted by Crippen LogP contribution is 2.27. The van der Waals surface area contributed by atoms with Crippen molar-refractivity contribution in [3.63, 3.8) is 0 Å². The van der Waals surface area contributed by atoms with Gasteiger partial charge in [0.2, 0.25) is 0 Å². The average Bonchev–Trinajstić information content (AvgIpc) is 2.19. The largest absolute Gasteiger partial charge is 0.284 e. The van der Waals surface area contributed by atoms with Crippen LogP contribution in [0.4, 0.5) is 0 Å². The van der Waals surface area contributed by atoms with Gasteiger partial charge < -0.3 is 0 Å². The lowest BCUT2D eigenvalue weighted by atomic mass is 9.83. The number of nitrogens with one attached hydrogen (secondary N) is 1. The molecule has 0 aromatic rings. The molecule has 62 valence electrons. The standard InChI is InChI=1S/C11H8N2/c1-3-8-4-2-6-10-11(8)9(5-1)12-7-13-10/h1-7,11H/p+1. The van der Waals surface area contributed by atoms with Gasteiger partial charge in [0, 0.05) is 0 Å². The third-order valence-corrected chi connectivity index (χ3v) is 2.51. The number of hydrogen-bond donors (Lipinski definition) is 1. The quantitative estimate of drug-likeness (QED) is 0.533. The molecule has 2 heteroatoms. The maximum Gasteiger partial charge on any atom is 0.284 e. The highest BCUT2D eigenvalue weighted by Gasteiger charge is 2.31. The van der Waals surface area contributed by atoms with Crippen molar-refractivity contribution in [2.24, 2.45) is 10.9 Å². The van der Waals surface area contributed by atoms with Gasteiger partial charge in [0.1, 0.15) is 11.6 Å². The molecule has 1 atom stereocenters. The number of hydrogen-bond acceptors (Lipinski definition) is 1. The summed E-state index contributed by atoms with van der Waals surface area (Å²) in [5.74, 6) is 0.347. The van der Waals surface area contributed by atoms with E-state index < -0.39 is 0 Å². The minimum Gasteiger partial charge on any atom is -0.247 e. The van der Waals surface area contributed by atoms with E-state index in [2.05, 4.69) is 46.4 Å². The molecule has 2 nitrogen and oxygen atoms in total. The topological polar surface area (TPSA) is 26.3 Å². The molecule has 0 amide bonds. The van der Waals surface area contributed by atoms with Crippen LogP contribution in [0.2, 0.25) is 0 Å². The Morgan fingerprint density at radius 1 is 1.15 bits per heavy atom. The summed E-state index contributed by atoms with van der Waals surface area (Å²) < 4.78 is 0. The minimum atomic E-state index is 0.347. The molecule has 1 unspecified atom stereocenters. The van der Waals surface area contributed by atoms with Gasteiger partial charge in [-0.1, -0.05) is 29.3 Å². The Morgan fingerprint density at radius 3 is 3.08 bits per heavy atom. The SMILES string of the molecule is C1=CC2=CC=CC3=NC=[NH+]C(=C1)C23. The number of nitrogens with zero attached hydrogens (tertiary/aromatic N) is 1. The van der Waals surface area contributed by atoms with Gasteiger partial charge in [-0.15, -0.1) is 0 Å². The number of rotatable bonds is 0. The van der Waals surface area contributed by atoms with Gasteiger partial charge in [-0.05, 0) is 17.7 Å². The van der Waals surface area contributed by atoms with Gasteiger partial charge in [-0.2, -0.15) is 0 Å². The summed E-state index contributed by atoms with van der Waals surface area (Å²) >= 11 is 0. The van der Waals surface area contributed by atoms with E-state index in [9.17, 15) is 0 Å². The third-order valence-electron chi connectivity index (χ3n) is 2.51. The van der Waals surface area contributed by atoms with Crippen molar-refractivity contribution < 1.29 is 4.99 Å². The Morgan fingerprint density at radius 2 is 2.08 bits per heavy atom. The van der Waals surface area contributed by atoms with Crippen LogP contribution in [0.25, 0.3) is 0 Å². The van der Waals surface area contributed by atoms with Crippen molar-refractivity contribution in [1.29, 1.82) is 0 Å². The molecule has 3 rings (SSSR count). The molecular weight excluding hydrogens is 160 g/mol. The van der Waals surface area contributed by atoms with E-state index in [4.69, 9.17) is 0 Å². The molecule has 1 N–H and O–H groups in total. The zero-order valence-corrected chi connectivity index (χ0v) is 7.07. The van der Waals surface area contributed by atoms with Gasteiger partial charge >= 0.3 is 0 Å². The van der Waals surface area contributed by atoms with Crippen LogP contribution in [0.5, 0.6) is 0 Å². The van der Waals surface area contributed by atoms with Crippen LogP contribution in [0.15, 0.2) is 52.7 Å². The summed E-state index contributed by atoms with van der Waals surface area (Å²) in [6.07, 6.45) is 14.3. The van der Waals surface area contributed by atoms with E-state index in [0.29, 0.717) is 5.92 Å². The van der Waals surface area contributed by atoms with E-state index in [1.165, 1.54) is 11.3 Å². The summed E-state index contributed by atoms with van der Waals surface area (Å²) in [6, 6.07) is 0. The first-order chi connectivity index (χ1) is 6.45. The van der Waals surface area contributed by atoms with E-state index in [0.717, 1.165) is 5.71 Å². The van der Waals surface area contributed by atoms with E-state index in [-0.39, 0.29) is 0 Å². The summed E-state index contributed by atoms with van der Waals surface area (Å²) in [5, 5.41) is 0. The molecular formula is C11H9N2+. The van der Waals surface area contributed by atoms with Crippen molar-refractivity contribution in [3.05, 3.63) is 47.7 Å². The second kappa shape index (κ2) is 2.39. The molecule has 0 spiro atoms. The normalized spacial score (nSPS) is 27.7. The van der Waals surface area contributed by atoms with E-state index in [1.807, 2.05) is 0 Å². The lowest BCUT2D eigenvalue weighted by molar-refractivity contribution is -0.399. The fourth-order valence-corrected chi connectivity index (χ4v) is 1.90. The van der Waals surface area contributed by atoms with E-state index >= 15 is 0 Å². The Labute approximate surface area is 76.4 Å². The average molecular weight is 169 g/mol. The maximum atomic E-state index is 4.31. The highest BCUT2D eigenvalue weighted by atomic mass is 14.9. The zero-order valence-electron chi connectivity index (χ0n) is 7.07. The molecule has 0 radical (unpaired) electrons. The Bertz CT molecular complexity index is 364. The molecule has 0 aromatic carbocycles. The maximum absolute atomic E-state index is 4.31. The van der Waals surface area contributed by atoms with Gasteiger partial charge in [0.15, 0.2) is 5.71 Å². The van der Waals surface area contributed by atoms with Crippen molar-refractivity contribution >= 4 is 12.1 Å². The van der Waals surface area contributed by atoms with E-state index in [1.54, 1.807) is 6.34 Å². The number of aliphatic imine (C=N–C) groups is 1. The monoisotopic (exact) mass is 169 g/mol. The van der Waals surface area contributed by atoms with Crippen LogP contribution in [0.3, 0.4) is 0 Å². The van der Waals surface area contributed by atoms with Crippen molar-refractivity contribution in [1.82, 2.24) is 0 Å². The molecule has 0 saturated heterocycles. The van der Waals surface area contributed by atoms with Crippen LogP contribution in [-0.2, 0) is 0 Å². The lowest BCUT2D eigenvalue weighted by Crippen LogP contribution is -2.71. The van der Waals surface area contributed by atoms with Gasteiger partial charge in [-0.25, -0.2) is 4.99 Å². The van der Waals surface area contributed by atoms with Crippen molar-refractivity contribution in [3.8, 4) is 0 Å². The molecule has 1 heterocycles. The van der Waals surface area contributed by atoms with Gasteiger partial charge in [-0.3, -0.25) is 0 Å². The van der Waals surface area contributed by atoms with Crippen LogP contribution in [-0.4, -0.2) is 12.1 Å². The Balaban J connectivity index is 2.23. The summed E-state index contributed by atoms with van der Waals surface area (Å²) in [5.41, 5.74) is 3.68. The first-order valence-electron chi connectivity index (χ1n) is 4.37. The summed E-state index contributed by atoms with van der Waals surface area (Å²) in [7, 11) is 0. The molecule has 2 aliphatic carbocycles. The first kappa shape index (κ1) is 6.78. The van der Waals surface area contributed by atoms with Gasteiger partial charge in [0.05, 0.1) is 0 Å². The predicted octanol–water partition coefficient (Wildman–Crippen LogP) is 0.116. The molecule has 0 saturated carbocycles. The smallest absolute Gasteiger partial charge is 0.247 e. The first-order valence-corrected chi connectivity index (χ1v) is 4.37. The minimum absolute atomic E-state index is 0.347.